The number of benzene rings is 2. The average Bonchev–Trinajstić information content (AvgIpc) is 2.55. The van der Waals surface area contributed by atoms with Crippen LogP contribution in [0.2, 0.25) is 0 Å². The normalized spacial score (nSPS) is 11.7. The van der Waals surface area contributed by atoms with Gasteiger partial charge in [-0.1, -0.05) is 30.3 Å². The molecule has 1 atom stereocenters. The van der Waals surface area contributed by atoms with Crippen LogP contribution < -0.4 is 9.64 Å². The quantitative estimate of drug-likeness (QED) is 0.754. The molecule has 0 radical (unpaired) electrons. The van der Waals surface area contributed by atoms with E-state index in [9.17, 15) is 9.90 Å². The van der Waals surface area contributed by atoms with Crippen molar-refractivity contribution in [3.8, 4) is 5.75 Å². The number of nitrogens with zero attached hydrogens (tertiary/aromatic N) is 1. The van der Waals surface area contributed by atoms with Crippen LogP contribution in [-0.2, 0) is 4.79 Å². The molecule has 2 rings (SSSR count). The fraction of sp³-hybridized carbons (Fsp3) is 0.316. The topological polar surface area (TPSA) is 49.8 Å². The minimum absolute atomic E-state index is 0.505. The van der Waals surface area contributed by atoms with Gasteiger partial charge in [0.1, 0.15) is 5.75 Å². The van der Waals surface area contributed by atoms with Gasteiger partial charge in [-0.25, -0.2) is 0 Å². The third kappa shape index (κ3) is 5.02. The minimum atomic E-state index is -0.791. The van der Waals surface area contributed by atoms with Gasteiger partial charge in [0.25, 0.3) is 0 Å². The molecule has 1 unspecified atom stereocenters. The van der Waals surface area contributed by atoms with Gasteiger partial charge in [0, 0.05) is 19.8 Å². The first-order valence-corrected chi connectivity index (χ1v) is 7.76. The summed E-state index contributed by atoms with van der Waals surface area (Å²) in [6, 6.07) is 17.3. The van der Waals surface area contributed by atoms with Gasteiger partial charge in [0.2, 0.25) is 0 Å². The van der Waals surface area contributed by atoms with E-state index in [1.54, 1.807) is 0 Å². The smallest absolute Gasteiger partial charge is 0.310 e. The summed E-state index contributed by atoms with van der Waals surface area (Å²) in [4.78, 5) is 13.6. The third-order valence-corrected chi connectivity index (χ3v) is 3.74. The van der Waals surface area contributed by atoms with Crippen LogP contribution in [0.4, 0.5) is 5.69 Å². The molecule has 0 saturated carbocycles. The second-order valence-electron chi connectivity index (χ2n) is 5.68. The molecule has 2 aromatic rings. The summed E-state index contributed by atoms with van der Waals surface area (Å²) >= 11 is 0. The second kappa shape index (κ2) is 8.22. The highest BCUT2D eigenvalue weighted by Crippen LogP contribution is 2.25. The number of carboxylic acid groups (broad SMARTS) is 1. The number of carbonyl (C=O) groups is 1. The van der Waals surface area contributed by atoms with Crippen LogP contribution in [0.1, 0.15) is 24.3 Å². The summed E-state index contributed by atoms with van der Waals surface area (Å²) in [7, 11) is 3.89. The zero-order chi connectivity index (χ0) is 16.7. The molecule has 0 fully saturated rings. The fourth-order valence-electron chi connectivity index (χ4n) is 2.45. The Morgan fingerprint density at radius 1 is 1.13 bits per heavy atom. The van der Waals surface area contributed by atoms with Crippen molar-refractivity contribution in [2.75, 3.05) is 25.6 Å². The Labute approximate surface area is 137 Å². The molecule has 4 heteroatoms. The molecule has 23 heavy (non-hydrogen) atoms. The van der Waals surface area contributed by atoms with E-state index in [4.69, 9.17) is 4.74 Å². The zero-order valence-corrected chi connectivity index (χ0v) is 13.6. The van der Waals surface area contributed by atoms with Gasteiger partial charge in [-0.3, -0.25) is 4.79 Å². The lowest BCUT2D eigenvalue weighted by atomic mass is 9.94. The van der Waals surface area contributed by atoms with Crippen molar-refractivity contribution in [2.24, 2.45) is 0 Å². The van der Waals surface area contributed by atoms with E-state index in [1.165, 1.54) is 0 Å². The Bertz CT molecular complexity index is 626. The predicted molar refractivity (Wildman–Crippen MR) is 92.3 cm³/mol. The molecule has 1 N–H and O–H groups in total. The number of para-hydroxylation sites is 1. The van der Waals surface area contributed by atoms with Gasteiger partial charge in [0.05, 0.1) is 12.5 Å². The zero-order valence-electron chi connectivity index (χ0n) is 13.6. The maximum atomic E-state index is 11.6. The van der Waals surface area contributed by atoms with Crippen molar-refractivity contribution < 1.29 is 14.6 Å². The summed E-state index contributed by atoms with van der Waals surface area (Å²) < 4.78 is 5.63. The molecule has 0 spiro atoms. The van der Waals surface area contributed by atoms with Crippen LogP contribution in [0, 0.1) is 0 Å². The summed E-state index contributed by atoms with van der Waals surface area (Å²) in [6.45, 7) is 0.515. The van der Waals surface area contributed by atoms with Gasteiger partial charge in [-0.2, -0.15) is 0 Å². The maximum absolute atomic E-state index is 11.6. The molecule has 0 aliphatic heterocycles. The van der Waals surface area contributed by atoms with Crippen LogP contribution in [-0.4, -0.2) is 31.8 Å². The SMILES string of the molecule is CN(C)c1cccc(C(CCCOc2ccccc2)C(=O)O)c1. The average molecular weight is 313 g/mol. The van der Waals surface area contributed by atoms with Gasteiger partial charge < -0.3 is 14.7 Å². The van der Waals surface area contributed by atoms with Gasteiger partial charge in [0.15, 0.2) is 0 Å². The molecule has 122 valence electrons. The van der Waals surface area contributed by atoms with Crippen LogP contribution in [0.15, 0.2) is 54.6 Å². The van der Waals surface area contributed by atoms with Crippen LogP contribution in [0.25, 0.3) is 0 Å². The Morgan fingerprint density at radius 2 is 1.87 bits per heavy atom. The lowest BCUT2D eigenvalue weighted by molar-refractivity contribution is -0.139. The maximum Gasteiger partial charge on any atom is 0.310 e. The van der Waals surface area contributed by atoms with Crippen molar-refractivity contribution in [2.45, 2.75) is 18.8 Å². The third-order valence-electron chi connectivity index (χ3n) is 3.74. The van der Waals surface area contributed by atoms with Crippen molar-refractivity contribution in [1.82, 2.24) is 0 Å². The number of anilines is 1. The summed E-state index contributed by atoms with van der Waals surface area (Å²) in [5.41, 5.74) is 1.85. The predicted octanol–water partition coefficient (Wildman–Crippen LogP) is 3.78. The standard InChI is InChI=1S/C19H23NO3/c1-20(2)16-9-6-8-15(14-16)18(19(21)22)12-7-13-23-17-10-4-3-5-11-17/h3-6,8-11,14,18H,7,12-13H2,1-2H3,(H,21,22). The number of aliphatic carboxylic acids is 1. The summed E-state index contributed by atoms with van der Waals surface area (Å²) in [5.74, 6) is -0.483. The van der Waals surface area contributed by atoms with E-state index in [2.05, 4.69) is 0 Å². The van der Waals surface area contributed by atoms with E-state index < -0.39 is 11.9 Å². The van der Waals surface area contributed by atoms with Crippen molar-refractivity contribution in [3.63, 3.8) is 0 Å². The van der Waals surface area contributed by atoms with Crippen molar-refractivity contribution in [1.29, 1.82) is 0 Å². The second-order valence-corrected chi connectivity index (χ2v) is 5.68. The van der Waals surface area contributed by atoms with E-state index in [0.29, 0.717) is 19.4 Å². The summed E-state index contributed by atoms with van der Waals surface area (Å²) in [6.07, 6.45) is 1.25. The Morgan fingerprint density at radius 3 is 2.52 bits per heavy atom. The van der Waals surface area contributed by atoms with E-state index in [0.717, 1.165) is 17.0 Å². The van der Waals surface area contributed by atoms with E-state index >= 15 is 0 Å². The minimum Gasteiger partial charge on any atom is -0.494 e. The van der Waals surface area contributed by atoms with E-state index in [1.807, 2.05) is 73.6 Å². The van der Waals surface area contributed by atoms with Crippen LogP contribution in [0.3, 0.4) is 0 Å². The first-order valence-electron chi connectivity index (χ1n) is 7.76. The lowest BCUT2D eigenvalue weighted by Gasteiger charge is -2.17. The molecule has 0 saturated heterocycles. The van der Waals surface area contributed by atoms with Crippen LogP contribution >= 0.6 is 0 Å². The largest absolute Gasteiger partial charge is 0.494 e. The van der Waals surface area contributed by atoms with Crippen molar-refractivity contribution in [3.05, 3.63) is 60.2 Å². The number of carboxylic acids is 1. The molecule has 2 aromatic carbocycles. The highest BCUT2D eigenvalue weighted by molar-refractivity contribution is 5.76. The number of hydrogen-bond donors (Lipinski definition) is 1. The Balaban J connectivity index is 1.94. The molecule has 0 heterocycles. The number of ether oxygens (including phenoxy) is 1. The lowest BCUT2D eigenvalue weighted by Crippen LogP contribution is -2.14. The molecule has 0 amide bonds. The fourth-order valence-corrected chi connectivity index (χ4v) is 2.45. The Hall–Kier alpha value is -2.49. The number of hydrogen-bond acceptors (Lipinski definition) is 3. The molecule has 0 aromatic heterocycles. The molecular weight excluding hydrogens is 290 g/mol. The molecular formula is C19H23NO3. The Kier molecular flexibility index (Phi) is 6.03. The number of rotatable bonds is 8. The highest BCUT2D eigenvalue weighted by atomic mass is 16.5. The monoisotopic (exact) mass is 313 g/mol. The van der Waals surface area contributed by atoms with Gasteiger partial charge >= 0.3 is 5.97 Å². The molecule has 0 aliphatic rings. The molecule has 0 aliphatic carbocycles. The summed E-state index contributed by atoms with van der Waals surface area (Å²) in [5, 5.41) is 9.52. The molecule has 4 nitrogen and oxygen atoms in total. The molecule has 0 bridgehead atoms. The van der Waals surface area contributed by atoms with Gasteiger partial charge in [-0.05, 0) is 42.7 Å². The van der Waals surface area contributed by atoms with Crippen molar-refractivity contribution >= 4 is 11.7 Å². The first kappa shape index (κ1) is 16.9. The van der Waals surface area contributed by atoms with E-state index in [-0.39, 0.29) is 0 Å². The van der Waals surface area contributed by atoms with Crippen LogP contribution in [0.5, 0.6) is 5.75 Å². The van der Waals surface area contributed by atoms with Gasteiger partial charge in [-0.15, -0.1) is 0 Å². The highest BCUT2D eigenvalue weighted by Gasteiger charge is 2.20. The first-order chi connectivity index (χ1) is 11.1.